The first-order chi connectivity index (χ1) is 7.94. The predicted octanol–water partition coefficient (Wildman–Crippen LogP) is 3.44. The fourth-order valence-electron chi connectivity index (χ4n) is 1.91. The van der Waals surface area contributed by atoms with Crippen molar-refractivity contribution in [3.8, 4) is 0 Å². The molecule has 17 heavy (non-hydrogen) atoms. The Morgan fingerprint density at radius 1 is 1.53 bits per heavy atom. The summed E-state index contributed by atoms with van der Waals surface area (Å²) in [7, 11) is 0. The zero-order valence-corrected chi connectivity index (χ0v) is 11.4. The quantitative estimate of drug-likeness (QED) is 0.912. The van der Waals surface area contributed by atoms with E-state index in [-0.39, 0.29) is 5.82 Å². The Labute approximate surface area is 108 Å². The Morgan fingerprint density at radius 3 is 2.88 bits per heavy atom. The Morgan fingerprint density at radius 2 is 2.24 bits per heavy atom. The lowest BCUT2D eigenvalue weighted by Crippen LogP contribution is -2.34. The summed E-state index contributed by atoms with van der Waals surface area (Å²) in [4.78, 5) is 7.52. The lowest BCUT2D eigenvalue weighted by Gasteiger charge is -2.20. The summed E-state index contributed by atoms with van der Waals surface area (Å²) in [6.07, 6.45) is 1.80. The van der Waals surface area contributed by atoms with Gasteiger partial charge >= 0.3 is 0 Å². The molecule has 5 heteroatoms. The number of fused-ring (bicyclic) bond motifs is 1. The maximum Gasteiger partial charge on any atom is 0.139 e. The molecule has 1 aromatic heterocycles. The molecule has 0 radical (unpaired) electrons. The molecule has 1 unspecified atom stereocenters. The van der Waals surface area contributed by atoms with Gasteiger partial charge in [-0.3, -0.25) is 0 Å². The number of hydrogen-bond acceptors (Lipinski definition) is 2. The van der Waals surface area contributed by atoms with Crippen LogP contribution in [0.2, 0.25) is 0 Å². The van der Waals surface area contributed by atoms with E-state index < -0.39 is 5.54 Å². The van der Waals surface area contributed by atoms with E-state index in [0.29, 0.717) is 15.8 Å². The highest BCUT2D eigenvalue weighted by Gasteiger charge is 2.24. The molecule has 2 rings (SSSR count). The van der Waals surface area contributed by atoms with Crippen LogP contribution in [0.4, 0.5) is 4.39 Å². The van der Waals surface area contributed by atoms with Gasteiger partial charge in [0.1, 0.15) is 11.6 Å². The van der Waals surface area contributed by atoms with Crippen LogP contribution < -0.4 is 5.73 Å². The van der Waals surface area contributed by atoms with Gasteiger partial charge in [-0.2, -0.15) is 0 Å². The van der Waals surface area contributed by atoms with Crippen LogP contribution in [0.1, 0.15) is 32.5 Å². The first-order valence-corrected chi connectivity index (χ1v) is 6.37. The van der Waals surface area contributed by atoms with Gasteiger partial charge < -0.3 is 10.7 Å². The predicted molar refractivity (Wildman–Crippen MR) is 70.2 cm³/mol. The maximum absolute atomic E-state index is 13.4. The highest BCUT2D eigenvalue weighted by atomic mass is 79.9. The normalized spacial score (nSPS) is 15.1. The van der Waals surface area contributed by atoms with Crippen LogP contribution in [-0.4, -0.2) is 9.97 Å². The van der Waals surface area contributed by atoms with Gasteiger partial charge in [0.25, 0.3) is 0 Å². The fraction of sp³-hybridized carbons (Fsp3) is 0.417. The van der Waals surface area contributed by atoms with Crippen molar-refractivity contribution < 1.29 is 4.39 Å². The number of nitrogens with two attached hydrogens (primary N) is 1. The highest BCUT2D eigenvalue weighted by Crippen LogP contribution is 2.26. The van der Waals surface area contributed by atoms with Crippen molar-refractivity contribution >= 4 is 27.0 Å². The molecule has 0 aliphatic heterocycles. The number of hydrogen-bond donors (Lipinski definition) is 2. The van der Waals surface area contributed by atoms with E-state index in [1.165, 1.54) is 6.07 Å². The molecule has 0 bridgehead atoms. The molecule has 1 atom stereocenters. The first kappa shape index (κ1) is 12.5. The minimum absolute atomic E-state index is 0.304. The summed E-state index contributed by atoms with van der Waals surface area (Å²) >= 11 is 3.15. The first-order valence-electron chi connectivity index (χ1n) is 5.58. The molecule has 0 saturated carbocycles. The number of aromatic amines is 1. The summed E-state index contributed by atoms with van der Waals surface area (Å²) < 4.78 is 13.8. The van der Waals surface area contributed by atoms with E-state index in [4.69, 9.17) is 5.73 Å². The molecule has 1 heterocycles. The van der Waals surface area contributed by atoms with E-state index in [9.17, 15) is 4.39 Å². The number of aromatic nitrogens is 2. The summed E-state index contributed by atoms with van der Waals surface area (Å²) in [6.45, 7) is 4.00. The topological polar surface area (TPSA) is 54.7 Å². The van der Waals surface area contributed by atoms with Gasteiger partial charge in [-0.25, -0.2) is 9.37 Å². The van der Waals surface area contributed by atoms with E-state index in [0.717, 1.165) is 18.4 Å². The molecule has 1 aromatic carbocycles. The summed E-state index contributed by atoms with van der Waals surface area (Å²) in [5.41, 5.74) is 7.08. The maximum atomic E-state index is 13.4. The Hall–Kier alpha value is -0.940. The number of imidazole rings is 1. The van der Waals surface area contributed by atoms with Crippen LogP contribution in [0.5, 0.6) is 0 Å². The van der Waals surface area contributed by atoms with E-state index in [1.807, 2.05) is 6.92 Å². The van der Waals surface area contributed by atoms with Crippen LogP contribution in [0.15, 0.2) is 16.6 Å². The van der Waals surface area contributed by atoms with E-state index >= 15 is 0 Å². The third-order valence-electron chi connectivity index (χ3n) is 2.83. The number of rotatable bonds is 3. The van der Waals surface area contributed by atoms with Crippen molar-refractivity contribution in [1.29, 1.82) is 0 Å². The fourth-order valence-corrected chi connectivity index (χ4v) is 2.24. The van der Waals surface area contributed by atoms with Crippen LogP contribution in [0, 0.1) is 5.82 Å². The number of benzene rings is 1. The minimum atomic E-state index is -0.503. The summed E-state index contributed by atoms with van der Waals surface area (Å²) in [6, 6.07) is 3.09. The molecular formula is C12H15BrFN3. The Balaban J connectivity index is 2.51. The second kappa shape index (κ2) is 4.38. The molecule has 3 nitrogen and oxygen atoms in total. The van der Waals surface area contributed by atoms with Gasteiger partial charge in [0.2, 0.25) is 0 Å². The Kier molecular flexibility index (Phi) is 3.23. The lowest BCUT2D eigenvalue weighted by atomic mass is 9.97. The number of H-pyrrole nitrogens is 1. The highest BCUT2D eigenvalue weighted by molar-refractivity contribution is 9.10. The zero-order chi connectivity index (χ0) is 12.6. The van der Waals surface area contributed by atoms with Gasteiger partial charge in [0, 0.05) is 6.07 Å². The van der Waals surface area contributed by atoms with Crippen LogP contribution in [0.3, 0.4) is 0 Å². The molecule has 0 aliphatic rings. The van der Waals surface area contributed by atoms with Crippen LogP contribution in [-0.2, 0) is 5.54 Å². The van der Waals surface area contributed by atoms with E-state index in [2.05, 4.69) is 32.8 Å². The average molecular weight is 300 g/mol. The smallest absolute Gasteiger partial charge is 0.139 e. The van der Waals surface area contributed by atoms with Gasteiger partial charge in [0.15, 0.2) is 0 Å². The average Bonchev–Trinajstić information content (AvgIpc) is 2.62. The van der Waals surface area contributed by atoms with Gasteiger partial charge in [0.05, 0.1) is 21.0 Å². The minimum Gasteiger partial charge on any atom is -0.340 e. The molecule has 0 fully saturated rings. The summed E-state index contributed by atoms with van der Waals surface area (Å²) in [5, 5.41) is 0. The van der Waals surface area contributed by atoms with Crippen molar-refractivity contribution in [1.82, 2.24) is 9.97 Å². The molecule has 0 spiro atoms. The lowest BCUT2D eigenvalue weighted by molar-refractivity contribution is 0.424. The molecule has 92 valence electrons. The Bertz CT molecular complexity index is 509. The van der Waals surface area contributed by atoms with Gasteiger partial charge in [-0.15, -0.1) is 0 Å². The van der Waals surface area contributed by atoms with Crippen molar-refractivity contribution in [2.45, 2.75) is 32.2 Å². The molecule has 3 N–H and O–H groups in total. The van der Waals surface area contributed by atoms with Crippen LogP contribution in [0.25, 0.3) is 11.0 Å². The SMILES string of the molecule is CCCC(C)(N)c1nc2cc(Br)c(F)cc2[nH]1. The van der Waals surface area contributed by atoms with Crippen molar-refractivity contribution in [3.63, 3.8) is 0 Å². The number of nitrogens with one attached hydrogen (secondary N) is 1. The summed E-state index contributed by atoms with van der Waals surface area (Å²) in [5.74, 6) is 0.397. The molecular weight excluding hydrogens is 285 g/mol. The van der Waals surface area contributed by atoms with Crippen molar-refractivity contribution in [2.24, 2.45) is 5.73 Å². The molecule has 0 amide bonds. The third kappa shape index (κ3) is 2.35. The second-order valence-corrected chi connectivity index (χ2v) is 5.39. The standard InChI is InChI=1S/C12H15BrFN3/c1-3-4-12(2,15)11-16-9-5-7(13)8(14)6-10(9)17-11/h5-6H,3-4,15H2,1-2H3,(H,16,17). The monoisotopic (exact) mass is 299 g/mol. The molecule has 0 aliphatic carbocycles. The van der Waals surface area contributed by atoms with Crippen LogP contribution >= 0.6 is 15.9 Å². The van der Waals surface area contributed by atoms with Gasteiger partial charge in [-0.05, 0) is 35.3 Å². The van der Waals surface area contributed by atoms with E-state index in [1.54, 1.807) is 6.07 Å². The van der Waals surface area contributed by atoms with Crippen molar-refractivity contribution in [2.75, 3.05) is 0 Å². The zero-order valence-electron chi connectivity index (χ0n) is 9.85. The second-order valence-electron chi connectivity index (χ2n) is 4.54. The number of nitrogens with zero attached hydrogens (tertiary/aromatic N) is 1. The van der Waals surface area contributed by atoms with Crippen molar-refractivity contribution in [3.05, 3.63) is 28.2 Å². The molecule has 0 saturated heterocycles. The third-order valence-corrected chi connectivity index (χ3v) is 3.44. The molecule has 2 aromatic rings. The van der Waals surface area contributed by atoms with Gasteiger partial charge in [-0.1, -0.05) is 13.3 Å². The number of halogens is 2. The largest absolute Gasteiger partial charge is 0.340 e.